The lowest BCUT2D eigenvalue weighted by Gasteiger charge is -2.36. The van der Waals surface area contributed by atoms with Crippen LogP contribution < -0.4 is 5.32 Å². The monoisotopic (exact) mass is 301 g/mol. The van der Waals surface area contributed by atoms with Crippen molar-refractivity contribution in [2.75, 3.05) is 0 Å². The predicted octanol–water partition coefficient (Wildman–Crippen LogP) is 2.75. The fourth-order valence-corrected chi connectivity index (χ4v) is 3.13. The highest BCUT2D eigenvalue weighted by Gasteiger charge is 2.44. The second kappa shape index (κ2) is 6.03. The van der Waals surface area contributed by atoms with Gasteiger partial charge in [0.1, 0.15) is 17.5 Å². The summed E-state index contributed by atoms with van der Waals surface area (Å²) in [5.41, 5.74) is 1.60. The Morgan fingerprint density at radius 2 is 1.64 bits per heavy atom. The highest BCUT2D eigenvalue weighted by atomic mass is 16.2. The van der Waals surface area contributed by atoms with Crippen LogP contribution in [-0.4, -0.2) is 17.5 Å². The van der Waals surface area contributed by atoms with Crippen molar-refractivity contribution in [1.82, 2.24) is 5.32 Å². The van der Waals surface area contributed by atoms with Crippen LogP contribution in [0.2, 0.25) is 0 Å². The van der Waals surface area contributed by atoms with Crippen molar-refractivity contribution in [3.63, 3.8) is 0 Å². The van der Waals surface area contributed by atoms with Crippen molar-refractivity contribution in [2.45, 2.75) is 46.6 Å². The molecule has 0 aliphatic heterocycles. The van der Waals surface area contributed by atoms with E-state index in [1.807, 2.05) is 45.0 Å². The number of carbonyl (C=O) groups excluding carboxylic acids is 3. The van der Waals surface area contributed by atoms with Gasteiger partial charge in [-0.3, -0.25) is 14.4 Å². The molecule has 0 heterocycles. The Balaban J connectivity index is 2.37. The molecule has 1 unspecified atom stereocenters. The molecule has 2 rings (SSSR count). The Kier molecular flexibility index (Phi) is 4.50. The highest BCUT2D eigenvalue weighted by molar-refractivity contribution is 6.06. The summed E-state index contributed by atoms with van der Waals surface area (Å²) >= 11 is 0. The third-order valence-corrected chi connectivity index (χ3v) is 4.13. The quantitative estimate of drug-likeness (QED) is 0.873. The summed E-state index contributed by atoms with van der Waals surface area (Å²) in [6.07, 6.45) is 0.733. The fraction of sp³-hybridized carbons (Fsp3) is 0.500. The molecule has 0 saturated heterocycles. The van der Waals surface area contributed by atoms with Crippen LogP contribution in [0.1, 0.15) is 50.8 Å². The van der Waals surface area contributed by atoms with Gasteiger partial charge in [-0.1, -0.05) is 43.7 Å². The number of aryl methyl sites for hydroxylation is 1. The van der Waals surface area contributed by atoms with Gasteiger partial charge in [-0.05, 0) is 17.9 Å². The first kappa shape index (κ1) is 16.4. The Labute approximate surface area is 131 Å². The van der Waals surface area contributed by atoms with Gasteiger partial charge in [0.2, 0.25) is 5.91 Å². The number of benzene rings is 1. The maximum absolute atomic E-state index is 12.5. The maximum Gasteiger partial charge on any atom is 0.217 e. The molecule has 1 aromatic carbocycles. The van der Waals surface area contributed by atoms with Crippen molar-refractivity contribution in [3.05, 3.63) is 35.4 Å². The molecule has 1 amide bonds. The van der Waals surface area contributed by atoms with E-state index in [4.69, 9.17) is 0 Å². The van der Waals surface area contributed by atoms with Gasteiger partial charge in [-0.25, -0.2) is 0 Å². The van der Waals surface area contributed by atoms with Crippen LogP contribution in [0.4, 0.5) is 0 Å². The summed E-state index contributed by atoms with van der Waals surface area (Å²) in [4.78, 5) is 36.6. The van der Waals surface area contributed by atoms with Gasteiger partial charge < -0.3 is 5.32 Å². The summed E-state index contributed by atoms with van der Waals surface area (Å²) in [7, 11) is 0. The summed E-state index contributed by atoms with van der Waals surface area (Å²) in [6, 6.07) is 7.01. The average molecular weight is 301 g/mol. The van der Waals surface area contributed by atoms with Crippen molar-refractivity contribution in [2.24, 2.45) is 11.3 Å². The van der Waals surface area contributed by atoms with E-state index in [0.717, 1.165) is 11.1 Å². The van der Waals surface area contributed by atoms with E-state index in [0.29, 0.717) is 12.8 Å². The lowest BCUT2D eigenvalue weighted by atomic mass is 9.68. The lowest BCUT2D eigenvalue weighted by Crippen LogP contribution is -2.45. The first-order chi connectivity index (χ1) is 10.2. The second-order valence-electron chi connectivity index (χ2n) is 7.02. The smallest absolute Gasteiger partial charge is 0.217 e. The van der Waals surface area contributed by atoms with Gasteiger partial charge in [0.15, 0.2) is 0 Å². The summed E-state index contributed by atoms with van der Waals surface area (Å²) in [6.45, 7) is 7.23. The Morgan fingerprint density at radius 3 is 2.09 bits per heavy atom. The highest BCUT2D eigenvalue weighted by Crippen LogP contribution is 2.38. The number of carbonyl (C=O) groups is 3. The zero-order chi connectivity index (χ0) is 16.5. The number of Topliss-reactive ketones (excluding diaryl/α,β-unsaturated/α-hetero) is 2. The maximum atomic E-state index is 12.5. The van der Waals surface area contributed by atoms with Crippen LogP contribution >= 0.6 is 0 Å². The predicted molar refractivity (Wildman–Crippen MR) is 84.3 cm³/mol. The molecular formula is C18H23NO3. The number of ketones is 2. The molecular weight excluding hydrogens is 278 g/mol. The molecule has 1 aromatic rings. The Bertz CT molecular complexity index is 581. The van der Waals surface area contributed by atoms with Crippen LogP contribution in [0.25, 0.3) is 0 Å². The van der Waals surface area contributed by atoms with Crippen molar-refractivity contribution < 1.29 is 14.4 Å². The van der Waals surface area contributed by atoms with Gasteiger partial charge in [0.05, 0.1) is 6.04 Å². The van der Waals surface area contributed by atoms with Crippen LogP contribution in [0.5, 0.6) is 0 Å². The van der Waals surface area contributed by atoms with E-state index >= 15 is 0 Å². The van der Waals surface area contributed by atoms with Crippen molar-refractivity contribution in [1.29, 1.82) is 0 Å². The van der Waals surface area contributed by atoms with Gasteiger partial charge >= 0.3 is 0 Å². The largest absolute Gasteiger partial charge is 0.348 e. The topological polar surface area (TPSA) is 63.2 Å². The zero-order valence-corrected chi connectivity index (χ0v) is 13.6. The average Bonchev–Trinajstić information content (AvgIpc) is 2.35. The fourth-order valence-electron chi connectivity index (χ4n) is 3.13. The van der Waals surface area contributed by atoms with E-state index < -0.39 is 12.0 Å². The van der Waals surface area contributed by atoms with Gasteiger partial charge in [0.25, 0.3) is 0 Å². The lowest BCUT2D eigenvalue weighted by molar-refractivity contribution is -0.141. The number of amides is 1. The molecule has 4 nitrogen and oxygen atoms in total. The van der Waals surface area contributed by atoms with E-state index in [1.54, 1.807) is 0 Å². The van der Waals surface area contributed by atoms with Crippen LogP contribution in [-0.2, 0) is 14.4 Å². The molecule has 1 atom stereocenters. The number of hydrogen-bond acceptors (Lipinski definition) is 3. The van der Waals surface area contributed by atoms with E-state index in [9.17, 15) is 14.4 Å². The SMILES string of the molecule is CC(=O)NC(c1ccc(C)cc1)C1C(=O)CC(C)(C)CC1=O. The van der Waals surface area contributed by atoms with E-state index in [1.165, 1.54) is 6.92 Å². The van der Waals surface area contributed by atoms with Gasteiger partial charge in [0, 0.05) is 19.8 Å². The van der Waals surface area contributed by atoms with Gasteiger partial charge in [-0.2, -0.15) is 0 Å². The van der Waals surface area contributed by atoms with Gasteiger partial charge in [-0.15, -0.1) is 0 Å². The first-order valence-electron chi connectivity index (χ1n) is 7.59. The molecule has 0 radical (unpaired) electrons. The standard InChI is InChI=1S/C18H23NO3/c1-11-5-7-13(8-6-11)17(19-12(2)20)16-14(21)9-18(3,4)10-15(16)22/h5-8,16-17H,9-10H2,1-4H3,(H,19,20). The van der Waals surface area contributed by atoms with Crippen molar-refractivity contribution in [3.8, 4) is 0 Å². The minimum Gasteiger partial charge on any atom is -0.348 e. The molecule has 118 valence electrons. The molecule has 0 aromatic heterocycles. The molecule has 1 aliphatic rings. The Hall–Kier alpha value is -1.97. The number of hydrogen-bond donors (Lipinski definition) is 1. The molecule has 4 heteroatoms. The van der Waals surface area contributed by atoms with E-state index in [-0.39, 0.29) is 22.9 Å². The third kappa shape index (κ3) is 3.62. The summed E-state index contributed by atoms with van der Waals surface area (Å²) in [5, 5.41) is 2.79. The molecule has 1 fully saturated rings. The Morgan fingerprint density at radius 1 is 1.14 bits per heavy atom. The molecule has 0 bridgehead atoms. The second-order valence-corrected chi connectivity index (χ2v) is 7.02. The van der Waals surface area contributed by atoms with Crippen LogP contribution in [0, 0.1) is 18.3 Å². The van der Waals surface area contributed by atoms with Crippen LogP contribution in [0.3, 0.4) is 0 Å². The molecule has 1 aliphatic carbocycles. The first-order valence-corrected chi connectivity index (χ1v) is 7.59. The summed E-state index contributed by atoms with van der Waals surface area (Å²) < 4.78 is 0. The number of nitrogens with one attached hydrogen (secondary N) is 1. The molecule has 0 spiro atoms. The minimum atomic E-state index is -0.778. The molecule has 1 N–H and O–H groups in total. The van der Waals surface area contributed by atoms with Crippen LogP contribution in [0.15, 0.2) is 24.3 Å². The third-order valence-electron chi connectivity index (χ3n) is 4.13. The normalized spacial score (nSPS) is 19.8. The zero-order valence-electron chi connectivity index (χ0n) is 13.6. The van der Waals surface area contributed by atoms with E-state index in [2.05, 4.69) is 5.32 Å². The minimum absolute atomic E-state index is 0.0828. The van der Waals surface area contributed by atoms with Crippen molar-refractivity contribution >= 4 is 17.5 Å². The molecule has 1 saturated carbocycles. The number of rotatable bonds is 3. The summed E-state index contributed by atoms with van der Waals surface area (Å²) in [5.74, 6) is -1.18. The molecule has 22 heavy (non-hydrogen) atoms.